The lowest BCUT2D eigenvalue weighted by molar-refractivity contribution is -0.158. The van der Waals surface area contributed by atoms with Gasteiger partial charge in [0.15, 0.2) is 0 Å². The summed E-state index contributed by atoms with van der Waals surface area (Å²) in [7, 11) is 0. The molecule has 2 rings (SSSR count). The van der Waals surface area contributed by atoms with Crippen LogP contribution in [0.4, 0.5) is 4.79 Å². The Kier molecular flexibility index (Phi) is 23.2. The van der Waals surface area contributed by atoms with E-state index >= 15 is 0 Å². The van der Waals surface area contributed by atoms with E-state index in [-0.39, 0.29) is 68.9 Å². The van der Waals surface area contributed by atoms with Crippen LogP contribution in [0.1, 0.15) is 114 Å². The van der Waals surface area contributed by atoms with E-state index in [9.17, 15) is 33.6 Å². The summed E-state index contributed by atoms with van der Waals surface area (Å²) < 4.78 is 22.2. The molecular weight excluding hydrogens is 865 g/mol. The fourth-order valence-electron chi connectivity index (χ4n) is 6.72. The Morgan fingerprint density at radius 2 is 0.866 bits per heavy atom. The number of carbonyl (C=O) groups excluding carboxylic acids is 7. The highest BCUT2D eigenvalue weighted by Gasteiger charge is 2.28. The first kappa shape index (κ1) is 58.3. The van der Waals surface area contributed by atoms with Crippen LogP contribution in [-0.4, -0.2) is 168 Å². The van der Waals surface area contributed by atoms with Gasteiger partial charge in [-0.3, -0.25) is 59.2 Å². The molecule has 0 aliphatic carbocycles. The second-order valence-electron chi connectivity index (χ2n) is 21.5. The summed E-state index contributed by atoms with van der Waals surface area (Å²) in [4.78, 5) is 98.5. The van der Waals surface area contributed by atoms with Crippen LogP contribution in [0.2, 0.25) is 0 Å². The Bertz CT molecular complexity index is 1730. The number of hydrogen-bond acceptors (Lipinski definition) is 15. The van der Waals surface area contributed by atoms with E-state index in [0.29, 0.717) is 64.3 Å². The van der Waals surface area contributed by atoms with E-state index in [1.165, 1.54) is 0 Å². The molecule has 4 amide bonds. The number of ether oxygens (including phenoxy) is 4. The summed E-state index contributed by atoms with van der Waals surface area (Å²) >= 11 is 0. The first-order chi connectivity index (χ1) is 30.8. The summed E-state index contributed by atoms with van der Waals surface area (Å²) in [6.45, 7) is 29.0. The highest BCUT2D eigenvalue weighted by molar-refractivity contribution is 5.88. The molecule has 1 atom stereocenters. The van der Waals surface area contributed by atoms with E-state index < -0.39 is 46.4 Å². The molecule has 0 bridgehead atoms. The minimum atomic E-state index is -0.917. The number of carbonyl (C=O) groups is 7. The molecule has 19 nitrogen and oxygen atoms in total. The van der Waals surface area contributed by atoms with Crippen molar-refractivity contribution in [1.82, 2.24) is 41.1 Å². The molecule has 1 aliphatic heterocycles. The summed E-state index contributed by atoms with van der Waals surface area (Å²) in [5.41, 5.74) is 3.53. The van der Waals surface area contributed by atoms with E-state index in [1.54, 1.807) is 45.0 Å². The average Bonchev–Trinajstić information content (AvgIpc) is 3.14. The molecule has 19 heteroatoms. The van der Waals surface area contributed by atoms with Crippen molar-refractivity contribution in [2.24, 2.45) is 5.92 Å². The maximum absolute atomic E-state index is 13.5. The van der Waals surface area contributed by atoms with Crippen LogP contribution in [0.25, 0.3) is 0 Å². The predicted octanol–water partition coefficient (Wildman–Crippen LogP) is 3.18. The van der Waals surface area contributed by atoms with Gasteiger partial charge < -0.3 is 29.6 Å². The fraction of sp³-hybridized carbons (Fsp3) is 0.729. The average molecular weight is 947 g/mol. The number of nitrogens with one attached hydrogen (secondary N) is 4. The number of rotatable bonds is 16. The summed E-state index contributed by atoms with van der Waals surface area (Å²) in [5.74, 6) is -2.34. The molecule has 67 heavy (non-hydrogen) atoms. The molecule has 0 aromatic heterocycles. The Morgan fingerprint density at radius 1 is 0.507 bits per heavy atom. The van der Waals surface area contributed by atoms with Crippen molar-refractivity contribution >= 4 is 41.7 Å². The monoisotopic (exact) mass is 947 g/mol. The van der Waals surface area contributed by atoms with Crippen molar-refractivity contribution in [3.8, 4) is 0 Å². The zero-order valence-electron chi connectivity index (χ0n) is 42.9. The molecule has 0 spiro atoms. The normalized spacial score (nSPS) is 16.1. The lowest BCUT2D eigenvalue weighted by Crippen LogP contribution is -2.53. The van der Waals surface area contributed by atoms with Gasteiger partial charge in [-0.1, -0.05) is 38.1 Å². The van der Waals surface area contributed by atoms with E-state index in [1.807, 2.05) is 95.8 Å². The quantitative estimate of drug-likeness (QED) is 0.106. The summed E-state index contributed by atoms with van der Waals surface area (Å²) in [6.07, 6.45) is -0.434. The first-order valence-corrected chi connectivity index (χ1v) is 23.3. The highest BCUT2D eigenvalue weighted by atomic mass is 16.6. The summed E-state index contributed by atoms with van der Waals surface area (Å²) in [5, 5.41) is 5.56. The van der Waals surface area contributed by atoms with Gasteiger partial charge in [0.1, 0.15) is 28.4 Å². The van der Waals surface area contributed by atoms with E-state index in [4.69, 9.17) is 18.9 Å². The number of esters is 3. The highest BCUT2D eigenvalue weighted by Crippen LogP contribution is 2.13. The van der Waals surface area contributed by atoms with Gasteiger partial charge in [-0.05, 0) is 107 Å². The maximum atomic E-state index is 13.5. The molecule has 1 aromatic rings. The number of hydrogen-bond donors (Lipinski definition) is 4. The van der Waals surface area contributed by atoms with Crippen LogP contribution < -0.4 is 21.5 Å². The maximum Gasteiger partial charge on any atom is 0.408 e. The van der Waals surface area contributed by atoms with Crippen molar-refractivity contribution < 1.29 is 52.5 Å². The van der Waals surface area contributed by atoms with Crippen molar-refractivity contribution in [1.29, 1.82) is 0 Å². The van der Waals surface area contributed by atoms with Crippen molar-refractivity contribution in [3.63, 3.8) is 0 Å². The van der Waals surface area contributed by atoms with Crippen LogP contribution in [-0.2, 0) is 60.7 Å². The molecule has 0 unspecified atom stereocenters. The minimum Gasteiger partial charge on any atom is -0.459 e. The number of hydrazine groups is 1. The van der Waals surface area contributed by atoms with E-state index in [2.05, 4.69) is 21.5 Å². The lowest BCUT2D eigenvalue weighted by Gasteiger charge is -2.34. The zero-order chi connectivity index (χ0) is 50.8. The topological polar surface area (TPSA) is 217 Å². The van der Waals surface area contributed by atoms with Crippen LogP contribution in [0.5, 0.6) is 0 Å². The van der Waals surface area contributed by atoms with Gasteiger partial charge in [0.25, 0.3) is 5.91 Å². The molecule has 1 aromatic carbocycles. The molecule has 1 fully saturated rings. The molecule has 1 aliphatic rings. The van der Waals surface area contributed by atoms with Gasteiger partial charge in [-0.25, -0.2) is 4.79 Å². The van der Waals surface area contributed by atoms with Gasteiger partial charge in [-0.15, -0.1) is 0 Å². The largest absolute Gasteiger partial charge is 0.459 e. The van der Waals surface area contributed by atoms with E-state index in [0.717, 1.165) is 5.56 Å². The fourth-order valence-corrected chi connectivity index (χ4v) is 6.72. The first-order valence-electron chi connectivity index (χ1n) is 23.3. The molecule has 1 heterocycles. The predicted molar refractivity (Wildman–Crippen MR) is 254 cm³/mol. The third-order valence-electron chi connectivity index (χ3n) is 9.53. The SMILES string of the molecule is CC(C)C[C@@H](NC(=O)OC(C)(C)C)C(=O)NNC(=O)Cc1ccc(CNC(=O)CN2CCN(CC(=O)OC(C)(C)C)CCN(CC(=O)OC(C)(C)C)CCN(CC(=O)OC(C)(C)C)CC2)cc1. The smallest absolute Gasteiger partial charge is 0.408 e. The molecule has 4 N–H and O–H groups in total. The lowest BCUT2D eigenvalue weighted by atomic mass is 10.0. The minimum absolute atomic E-state index is 0.0146. The number of benzene rings is 1. The summed E-state index contributed by atoms with van der Waals surface area (Å²) in [6, 6.07) is 6.21. The molecule has 380 valence electrons. The number of amides is 4. The van der Waals surface area contributed by atoms with Crippen molar-refractivity contribution in [3.05, 3.63) is 35.4 Å². The van der Waals surface area contributed by atoms with Crippen LogP contribution in [0.3, 0.4) is 0 Å². The van der Waals surface area contributed by atoms with Crippen LogP contribution in [0, 0.1) is 5.92 Å². The third kappa shape index (κ3) is 28.2. The number of nitrogens with zero attached hydrogens (tertiary/aromatic N) is 4. The van der Waals surface area contributed by atoms with Gasteiger partial charge in [0.2, 0.25) is 11.8 Å². The Balaban J connectivity index is 2.13. The van der Waals surface area contributed by atoms with Gasteiger partial charge in [0, 0.05) is 58.9 Å². The molecular formula is C48H82N8O11. The number of alkyl carbamates (subject to hydrolysis) is 1. The molecule has 1 saturated heterocycles. The third-order valence-corrected chi connectivity index (χ3v) is 9.53. The van der Waals surface area contributed by atoms with Crippen molar-refractivity contribution in [2.75, 3.05) is 78.5 Å². The second kappa shape index (κ2) is 26.6. The molecule has 0 saturated carbocycles. The van der Waals surface area contributed by atoms with Crippen LogP contribution >= 0.6 is 0 Å². The Morgan fingerprint density at radius 3 is 1.22 bits per heavy atom. The Labute approximate surface area is 399 Å². The van der Waals surface area contributed by atoms with Gasteiger partial charge in [-0.2, -0.15) is 0 Å². The van der Waals surface area contributed by atoms with Gasteiger partial charge >= 0.3 is 24.0 Å². The van der Waals surface area contributed by atoms with Crippen LogP contribution in [0.15, 0.2) is 24.3 Å². The zero-order valence-corrected chi connectivity index (χ0v) is 42.9. The Hall–Kier alpha value is -4.85. The van der Waals surface area contributed by atoms with Gasteiger partial charge in [0.05, 0.1) is 32.6 Å². The standard InChI is InChI=1S/C48H82N8O11/c1-34(2)27-37(50-44(63)67-48(12,13)14)43(62)52-51-38(57)28-35-15-17-36(18-16-35)29-49-39(58)30-53-19-21-54(31-40(59)64-45(3,4)5)23-25-56(33-42(61)66-47(9,10)11)26-24-55(22-20-53)32-41(60)65-46(6,7)8/h15-18,34,37H,19-33H2,1-14H3,(H,49,58)(H,50,63)(H,51,57)(H,52,62)/t37-/m1/s1. The van der Waals surface area contributed by atoms with Crippen molar-refractivity contribution in [2.45, 2.75) is 145 Å². The molecule has 0 radical (unpaired) electrons. The second-order valence-corrected chi connectivity index (χ2v) is 21.5.